The number of carbonyl (C=O) groups is 2. The Kier molecular flexibility index (Phi) is 7.50. The van der Waals surface area contributed by atoms with Crippen molar-refractivity contribution in [3.63, 3.8) is 0 Å². The third-order valence-corrected chi connectivity index (χ3v) is 4.45. The van der Waals surface area contributed by atoms with Crippen LogP contribution in [0.2, 0.25) is 0 Å². The van der Waals surface area contributed by atoms with Gasteiger partial charge in [0, 0.05) is 18.0 Å². The highest BCUT2D eigenvalue weighted by Gasteiger charge is 2.15. The Balaban J connectivity index is 1.72. The van der Waals surface area contributed by atoms with Crippen LogP contribution in [0.3, 0.4) is 0 Å². The van der Waals surface area contributed by atoms with Crippen LogP contribution in [0.25, 0.3) is 0 Å². The lowest BCUT2D eigenvalue weighted by molar-refractivity contribution is -0.139. The van der Waals surface area contributed by atoms with Crippen molar-refractivity contribution >= 4 is 23.6 Å². The standard InChI is InChI=1S/C19H22N2O3S/c1-25-16-9-7-15(8-10-16)17(22)13-21-19(24)18(23)20-12-11-14-5-3-2-4-6-14/h2-10,17,22H,11-13H2,1H3,(H,20,23)(H,21,24). The largest absolute Gasteiger partial charge is 0.387 e. The van der Waals surface area contributed by atoms with Crippen molar-refractivity contribution in [3.8, 4) is 0 Å². The predicted molar refractivity (Wildman–Crippen MR) is 99.3 cm³/mol. The number of aliphatic hydroxyl groups is 1. The number of hydrogen-bond donors (Lipinski definition) is 3. The van der Waals surface area contributed by atoms with Crippen molar-refractivity contribution in [1.82, 2.24) is 10.6 Å². The van der Waals surface area contributed by atoms with Crippen molar-refractivity contribution in [2.24, 2.45) is 0 Å². The molecule has 1 unspecified atom stereocenters. The summed E-state index contributed by atoms with van der Waals surface area (Å²) in [6.45, 7) is 0.374. The number of hydrogen-bond acceptors (Lipinski definition) is 4. The summed E-state index contributed by atoms with van der Waals surface area (Å²) in [5, 5.41) is 15.1. The average Bonchev–Trinajstić information content (AvgIpc) is 2.66. The van der Waals surface area contributed by atoms with Crippen LogP contribution < -0.4 is 10.6 Å². The van der Waals surface area contributed by atoms with E-state index in [4.69, 9.17) is 0 Å². The van der Waals surface area contributed by atoms with Gasteiger partial charge in [0.2, 0.25) is 0 Å². The molecule has 2 amide bonds. The third kappa shape index (κ3) is 6.25. The fraction of sp³-hybridized carbons (Fsp3) is 0.263. The van der Waals surface area contributed by atoms with E-state index in [2.05, 4.69) is 10.6 Å². The molecule has 6 heteroatoms. The van der Waals surface area contributed by atoms with Gasteiger partial charge in [0.15, 0.2) is 0 Å². The van der Waals surface area contributed by atoms with Crippen LogP contribution in [0, 0.1) is 0 Å². The van der Waals surface area contributed by atoms with E-state index < -0.39 is 17.9 Å². The molecule has 3 N–H and O–H groups in total. The summed E-state index contributed by atoms with van der Waals surface area (Å²) in [6, 6.07) is 17.1. The summed E-state index contributed by atoms with van der Waals surface area (Å²) in [7, 11) is 0. The summed E-state index contributed by atoms with van der Waals surface area (Å²) < 4.78 is 0. The summed E-state index contributed by atoms with van der Waals surface area (Å²) in [4.78, 5) is 24.6. The summed E-state index contributed by atoms with van der Waals surface area (Å²) in [6.07, 6.45) is 1.78. The van der Waals surface area contributed by atoms with E-state index in [0.717, 1.165) is 10.5 Å². The van der Waals surface area contributed by atoms with Gasteiger partial charge in [-0.05, 0) is 35.9 Å². The topological polar surface area (TPSA) is 78.4 Å². The van der Waals surface area contributed by atoms with E-state index >= 15 is 0 Å². The molecule has 25 heavy (non-hydrogen) atoms. The van der Waals surface area contributed by atoms with Gasteiger partial charge in [-0.25, -0.2) is 0 Å². The molecule has 0 fully saturated rings. The van der Waals surface area contributed by atoms with Gasteiger partial charge >= 0.3 is 11.8 Å². The van der Waals surface area contributed by atoms with E-state index in [-0.39, 0.29) is 6.54 Å². The lowest BCUT2D eigenvalue weighted by Crippen LogP contribution is -2.42. The van der Waals surface area contributed by atoms with Gasteiger partial charge in [-0.2, -0.15) is 0 Å². The average molecular weight is 358 g/mol. The molecule has 0 radical (unpaired) electrons. The highest BCUT2D eigenvalue weighted by Crippen LogP contribution is 2.18. The Morgan fingerprint density at radius 2 is 1.64 bits per heavy atom. The summed E-state index contributed by atoms with van der Waals surface area (Å²) in [5.74, 6) is -1.44. The second-order valence-corrected chi connectivity index (χ2v) is 6.37. The first-order chi connectivity index (χ1) is 12.1. The van der Waals surface area contributed by atoms with Gasteiger partial charge in [0.1, 0.15) is 0 Å². The highest BCUT2D eigenvalue weighted by atomic mass is 32.2. The molecule has 0 aromatic heterocycles. The minimum Gasteiger partial charge on any atom is -0.387 e. The van der Waals surface area contributed by atoms with Crippen LogP contribution in [0.1, 0.15) is 17.2 Å². The Bertz CT molecular complexity index is 690. The van der Waals surface area contributed by atoms with Gasteiger partial charge in [0.05, 0.1) is 6.10 Å². The third-order valence-electron chi connectivity index (χ3n) is 3.70. The van der Waals surface area contributed by atoms with Crippen molar-refractivity contribution in [2.75, 3.05) is 19.3 Å². The zero-order valence-corrected chi connectivity index (χ0v) is 14.9. The molecule has 0 aliphatic rings. The predicted octanol–water partition coefficient (Wildman–Crippen LogP) is 1.92. The fourth-order valence-electron chi connectivity index (χ4n) is 2.26. The number of carbonyl (C=O) groups excluding carboxylic acids is 2. The van der Waals surface area contributed by atoms with Crippen molar-refractivity contribution < 1.29 is 14.7 Å². The van der Waals surface area contributed by atoms with Gasteiger partial charge in [0.25, 0.3) is 0 Å². The highest BCUT2D eigenvalue weighted by molar-refractivity contribution is 7.98. The minimum atomic E-state index is -0.850. The molecule has 132 valence electrons. The molecule has 0 bridgehead atoms. The van der Waals surface area contributed by atoms with Gasteiger partial charge in [-0.15, -0.1) is 11.8 Å². The molecule has 0 aliphatic heterocycles. The van der Waals surface area contributed by atoms with Crippen molar-refractivity contribution in [3.05, 3.63) is 65.7 Å². The molecular weight excluding hydrogens is 336 g/mol. The van der Waals surface area contributed by atoms with E-state index in [1.807, 2.05) is 60.9 Å². The molecular formula is C19H22N2O3S. The monoisotopic (exact) mass is 358 g/mol. The smallest absolute Gasteiger partial charge is 0.309 e. The van der Waals surface area contributed by atoms with E-state index in [1.165, 1.54) is 0 Å². The SMILES string of the molecule is CSc1ccc(C(O)CNC(=O)C(=O)NCCc2ccccc2)cc1. The maximum atomic E-state index is 11.8. The summed E-state index contributed by atoms with van der Waals surface area (Å²) in [5.41, 5.74) is 1.79. The maximum Gasteiger partial charge on any atom is 0.309 e. The number of aliphatic hydroxyl groups excluding tert-OH is 1. The lowest BCUT2D eigenvalue weighted by atomic mass is 10.1. The first-order valence-electron chi connectivity index (χ1n) is 8.02. The zero-order valence-electron chi connectivity index (χ0n) is 14.1. The molecule has 0 spiro atoms. The molecule has 5 nitrogen and oxygen atoms in total. The minimum absolute atomic E-state index is 0.0104. The van der Waals surface area contributed by atoms with Crippen LogP contribution in [-0.4, -0.2) is 36.3 Å². The normalized spacial score (nSPS) is 11.6. The zero-order chi connectivity index (χ0) is 18.1. The first kappa shape index (κ1) is 19.0. The molecule has 0 saturated heterocycles. The van der Waals surface area contributed by atoms with Gasteiger partial charge in [-0.3, -0.25) is 9.59 Å². The van der Waals surface area contributed by atoms with E-state index in [9.17, 15) is 14.7 Å². The quantitative estimate of drug-likeness (QED) is 0.522. The van der Waals surface area contributed by atoms with Crippen LogP contribution in [0.5, 0.6) is 0 Å². The maximum absolute atomic E-state index is 11.8. The van der Waals surface area contributed by atoms with E-state index in [0.29, 0.717) is 18.5 Å². The number of benzene rings is 2. The Morgan fingerprint density at radius 3 is 2.28 bits per heavy atom. The molecule has 2 aromatic carbocycles. The first-order valence-corrected chi connectivity index (χ1v) is 9.24. The van der Waals surface area contributed by atoms with Crippen LogP contribution >= 0.6 is 11.8 Å². The lowest BCUT2D eigenvalue weighted by Gasteiger charge is -2.12. The number of rotatable bonds is 7. The fourth-order valence-corrected chi connectivity index (χ4v) is 2.67. The number of nitrogens with one attached hydrogen (secondary N) is 2. The number of thioether (sulfide) groups is 1. The Morgan fingerprint density at radius 1 is 1.00 bits per heavy atom. The van der Waals surface area contributed by atoms with Crippen LogP contribution in [-0.2, 0) is 16.0 Å². The van der Waals surface area contributed by atoms with Crippen molar-refractivity contribution in [2.45, 2.75) is 17.4 Å². The number of amides is 2. The molecule has 2 rings (SSSR count). The van der Waals surface area contributed by atoms with E-state index in [1.54, 1.807) is 11.8 Å². The van der Waals surface area contributed by atoms with Crippen LogP contribution in [0.4, 0.5) is 0 Å². The molecule has 0 heterocycles. The Hall–Kier alpha value is -2.31. The van der Waals surface area contributed by atoms with Crippen LogP contribution in [0.15, 0.2) is 59.5 Å². The summed E-state index contributed by atoms with van der Waals surface area (Å²) >= 11 is 1.61. The molecule has 1 atom stereocenters. The second kappa shape index (κ2) is 9.86. The van der Waals surface area contributed by atoms with Gasteiger partial charge < -0.3 is 15.7 Å². The Labute approximate surface area is 151 Å². The molecule has 0 saturated carbocycles. The molecule has 2 aromatic rings. The van der Waals surface area contributed by atoms with Crippen molar-refractivity contribution in [1.29, 1.82) is 0 Å². The molecule has 0 aliphatic carbocycles. The van der Waals surface area contributed by atoms with Gasteiger partial charge in [-0.1, -0.05) is 42.5 Å². The second-order valence-electron chi connectivity index (χ2n) is 5.49.